The lowest BCUT2D eigenvalue weighted by atomic mass is 10.1. The first-order chi connectivity index (χ1) is 7.16. The number of carboxylic acid groups (broad SMARTS) is 1. The third-order valence-electron chi connectivity index (χ3n) is 2.32. The molecule has 2 heterocycles. The van der Waals surface area contributed by atoms with Gasteiger partial charge in [-0.25, -0.2) is 0 Å². The molecule has 80 valence electrons. The number of aromatic nitrogens is 3. The van der Waals surface area contributed by atoms with Crippen LogP contribution in [0.3, 0.4) is 0 Å². The van der Waals surface area contributed by atoms with E-state index in [9.17, 15) is 9.59 Å². The molecule has 7 nitrogen and oxygen atoms in total. The highest BCUT2D eigenvalue weighted by Crippen LogP contribution is 2.14. The Labute approximate surface area is 85.1 Å². The van der Waals surface area contributed by atoms with E-state index in [1.807, 2.05) is 0 Å². The van der Waals surface area contributed by atoms with Crippen LogP contribution in [0.4, 0.5) is 0 Å². The van der Waals surface area contributed by atoms with Gasteiger partial charge in [-0.05, 0) is 0 Å². The molecule has 0 saturated heterocycles. The molecule has 0 atom stereocenters. The lowest BCUT2D eigenvalue weighted by Gasteiger charge is -2.24. The summed E-state index contributed by atoms with van der Waals surface area (Å²) in [5, 5.41) is 18.8. The molecule has 0 radical (unpaired) electrons. The molecule has 0 aliphatic carbocycles. The maximum absolute atomic E-state index is 11.4. The Morgan fingerprint density at radius 2 is 2.13 bits per heavy atom. The SMILES string of the molecule is O=C(O)CC(=O)N1CCc2n[nH]nc2C1. The standard InChI is InChI=1S/C8H10N4O3/c13-7(3-8(14)15)12-2-1-5-6(4-12)10-11-9-5/h1-4H2,(H,14,15)(H,9,10,11). The van der Waals surface area contributed by atoms with Crippen LogP contribution < -0.4 is 0 Å². The van der Waals surface area contributed by atoms with Crippen molar-refractivity contribution in [3.05, 3.63) is 11.4 Å². The first-order valence-electron chi connectivity index (χ1n) is 4.55. The van der Waals surface area contributed by atoms with Crippen LogP contribution in [-0.4, -0.2) is 43.8 Å². The molecule has 1 aromatic rings. The lowest BCUT2D eigenvalue weighted by Crippen LogP contribution is -2.37. The molecular formula is C8H10N4O3. The Hall–Kier alpha value is -1.92. The summed E-state index contributed by atoms with van der Waals surface area (Å²) in [5.41, 5.74) is 1.58. The average molecular weight is 210 g/mol. The number of hydrogen-bond donors (Lipinski definition) is 2. The van der Waals surface area contributed by atoms with Gasteiger partial charge in [-0.15, -0.1) is 0 Å². The Balaban J connectivity index is 2.03. The molecular weight excluding hydrogens is 200 g/mol. The van der Waals surface area contributed by atoms with Crippen LogP contribution in [0.2, 0.25) is 0 Å². The first kappa shape index (κ1) is 9.63. The number of nitrogens with zero attached hydrogens (tertiary/aromatic N) is 3. The summed E-state index contributed by atoms with van der Waals surface area (Å²) in [6.45, 7) is 0.851. The third-order valence-corrected chi connectivity index (χ3v) is 2.32. The second kappa shape index (κ2) is 3.68. The van der Waals surface area contributed by atoms with Gasteiger partial charge in [-0.3, -0.25) is 9.59 Å². The minimum Gasteiger partial charge on any atom is -0.481 e. The van der Waals surface area contributed by atoms with Crippen LogP contribution in [0.15, 0.2) is 0 Å². The Morgan fingerprint density at radius 1 is 1.40 bits per heavy atom. The second-order valence-corrected chi connectivity index (χ2v) is 3.35. The van der Waals surface area contributed by atoms with E-state index in [1.54, 1.807) is 0 Å². The lowest BCUT2D eigenvalue weighted by molar-refractivity contribution is -0.144. The zero-order chi connectivity index (χ0) is 10.8. The van der Waals surface area contributed by atoms with Gasteiger partial charge in [0.1, 0.15) is 12.1 Å². The monoisotopic (exact) mass is 210 g/mol. The van der Waals surface area contributed by atoms with Gasteiger partial charge in [0.05, 0.1) is 12.2 Å². The van der Waals surface area contributed by atoms with E-state index in [0.29, 0.717) is 19.5 Å². The number of aromatic amines is 1. The zero-order valence-corrected chi connectivity index (χ0v) is 7.93. The van der Waals surface area contributed by atoms with Crippen LogP contribution >= 0.6 is 0 Å². The molecule has 0 unspecified atom stereocenters. The predicted octanol–water partition coefficient (Wildman–Crippen LogP) is -0.836. The Bertz CT molecular complexity index is 400. The number of fused-ring (bicyclic) bond motifs is 1. The number of rotatable bonds is 2. The molecule has 1 aliphatic rings. The number of amides is 1. The van der Waals surface area contributed by atoms with E-state index in [4.69, 9.17) is 5.11 Å². The van der Waals surface area contributed by atoms with Crippen molar-refractivity contribution in [1.29, 1.82) is 0 Å². The summed E-state index contributed by atoms with van der Waals surface area (Å²) in [6, 6.07) is 0. The number of carboxylic acids is 1. The molecule has 0 aromatic carbocycles. The second-order valence-electron chi connectivity index (χ2n) is 3.35. The van der Waals surface area contributed by atoms with Crippen molar-refractivity contribution in [2.24, 2.45) is 0 Å². The quantitative estimate of drug-likeness (QED) is 0.620. The topological polar surface area (TPSA) is 99.2 Å². The number of aliphatic carboxylic acids is 1. The largest absolute Gasteiger partial charge is 0.481 e. The predicted molar refractivity (Wildman–Crippen MR) is 47.8 cm³/mol. The van der Waals surface area contributed by atoms with E-state index in [0.717, 1.165) is 11.4 Å². The van der Waals surface area contributed by atoms with Gasteiger partial charge in [-0.1, -0.05) is 0 Å². The van der Waals surface area contributed by atoms with Crippen LogP contribution in [-0.2, 0) is 22.6 Å². The van der Waals surface area contributed by atoms with Crippen molar-refractivity contribution in [2.45, 2.75) is 19.4 Å². The molecule has 0 spiro atoms. The van der Waals surface area contributed by atoms with Crippen molar-refractivity contribution in [3.8, 4) is 0 Å². The van der Waals surface area contributed by atoms with Gasteiger partial charge in [0, 0.05) is 13.0 Å². The Morgan fingerprint density at radius 3 is 2.87 bits per heavy atom. The smallest absolute Gasteiger partial charge is 0.312 e. The van der Waals surface area contributed by atoms with Crippen molar-refractivity contribution in [2.75, 3.05) is 6.54 Å². The van der Waals surface area contributed by atoms with Gasteiger partial charge in [0.25, 0.3) is 0 Å². The minimum atomic E-state index is -1.11. The fourth-order valence-corrected chi connectivity index (χ4v) is 1.56. The summed E-state index contributed by atoms with van der Waals surface area (Å²) in [7, 11) is 0. The van der Waals surface area contributed by atoms with Crippen LogP contribution in [0.1, 0.15) is 17.8 Å². The van der Waals surface area contributed by atoms with E-state index in [-0.39, 0.29) is 5.91 Å². The van der Waals surface area contributed by atoms with Crippen molar-refractivity contribution >= 4 is 11.9 Å². The van der Waals surface area contributed by atoms with Crippen molar-refractivity contribution < 1.29 is 14.7 Å². The summed E-state index contributed by atoms with van der Waals surface area (Å²) in [6.07, 6.45) is 0.157. The summed E-state index contributed by atoms with van der Waals surface area (Å²) >= 11 is 0. The average Bonchev–Trinajstić information content (AvgIpc) is 2.62. The van der Waals surface area contributed by atoms with Gasteiger partial charge >= 0.3 is 5.97 Å². The highest BCUT2D eigenvalue weighted by atomic mass is 16.4. The fraction of sp³-hybridized carbons (Fsp3) is 0.500. The van der Waals surface area contributed by atoms with E-state index in [2.05, 4.69) is 15.4 Å². The van der Waals surface area contributed by atoms with Crippen molar-refractivity contribution in [3.63, 3.8) is 0 Å². The molecule has 7 heteroatoms. The summed E-state index contributed by atoms with van der Waals surface area (Å²) in [4.78, 5) is 23.3. The summed E-state index contributed by atoms with van der Waals surface area (Å²) < 4.78 is 0. The number of hydrogen-bond acceptors (Lipinski definition) is 4. The van der Waals surface area contributed by atoms with Crippen molar-refractivity contribution in [1.82, 2.24) is 20.3 Å². The van der Waals surface area contributed by atoms with Gasteiger partial charge in [0.15, 0.2) is 0 Å². The maximum atomic E-state index is 11.4. The normalized spacial score (nSPS) is 14.8. The fourth-order valence-electron chi connectivity index (χ4n) is 1.56. The van der Waals surface area contributed by atoms with Crippen LogP contribution in [0, 0.1) is 0 Å². The maximum Gasteiger partial charge on any atom is 0.312 e. The van der Waals surface area contributed by atoms with Crippen LogP contribution in [0.5, 0.6) is 0 Å². The first-order valence-corrected chi connectivity index (χ1v) is 4.55. The summed E-state index contributed by atoms with van der Waals surface area (Å²) in [5.74, 6) is -1.48. The molecule has 0 saturated carbocycles. The molecule has 2 N–H and O–H groups in total. The van der Waals surface area contributed by atoms with E-state index in [1.165, 1.54) is 4.90 Å². The highest BCUT2D eigenvalue weighted by molar-refractivity contribution is 5.93. The van der Waals surface area contributed by atoms with Gasteiger partial charge in [-0.2, -0.15) is 15.4 Å². The highest BCUT2D eigenvalue weighted by Gasteiger charge is 2.24. The molecule has 0 bridgehead atoms. The molecule has 15 heavy (non-hydrogen) atoms. The number of carbonyl (C=O) groups is 2. The Kier molecular flexibility index (Phi) is 2.36. The molecule has 0 fully saturated rings. The number of carbonyl (C=O) groups excluding carboxylic acids is 1. The van der Waals surface area contributed by atoms with Crippen LogP contribution in [0.25, 0.3) is 0 Å². The molecule has 1 amide bonds. The third kappa shape index (κ3) is 1.95. The minimum absolute atomic E-state index is 0.345. The van der Waals surface area contributed by atoms with E-state index < -0.39 is 12.4 Å². The van der Waals surface area contributed by atoms with Gasteiger partial charge < -0.3 is 10.0 Å². The van der Waals surface area contributed by atoms with E-state index >= 15 is 0 Å². The number of H-pyrrole nitrogens is 1. The van der Waals surface area contributed by atoms with Gasteiger partial charge in [0.2, 0.25) is 5.91 Å². The zero-order valence-electron chi connectivity index (χ0n) is 7.93. The molecule has 1 aromatic heterocycles. The number of nitrogens with one attached hydrogen (secondary N) is 1. The molecule has 1 aliphatic heterocycles. The molecule has 2 rings (SSSR count).